The molecular weight excluding hydrogens is 544 g/mol. The molecule has 0 saturated carbocycles. The number of nitrogens with zero attached hydrogens (tertiary/aromatic N) is 2. The van der Waals surface area contributed by atoms with E-state index in [2.05, 4.69) is 153 Å². The number of rotatable bonds is 6. The molecule has 2 nitrogen and oxygen atoms in total. The fraction of sp³-hybridized carbons (Fsp3) is 0.116. The van der Waals surface area contributed by atoms with Crippen LogP contribution in [0.5, 0.6) is 0 Å². The maximum absolute atomic E-state index is 5.32. The predicted molar refractivity (Wildman–Crippen MR) is 186 cm³/mol. The molecule has 1 aliphatic carbocycles. The van der Waals surface area contributed by atoms with Crippen molar-refractivity contribution in [3.05, 3.63) is 179 Å². The van der Waals surface area contributed by atoms with Crippen LogP contribution in [0.15, 0.2) is 146 Å². The number of benzene rings is 6. The Balaban J connectivity index is 1.50. The van der Waals surface area contributed by atoms with Gasteiger partial charge in [-0.25, -0.2) is 9.97 Å². The first-order chi connectivity index (χ1) is 22.3. The molecule has 0 bridgehead atoms. The van der Waals surface area contributed by atoms with E-state index in [9.17, 15) is 0 Å². The Morgan fingerprint density at radius 1 is 0.467 bits per heavy atom. The Hall–Kier alpha value is -5.34. The Kier molecular flexibility index (Phi) is 6.64. The third kappa shape index (κ3) is 4.09. The molecule has 216 valence electrons. The van der Waals surface area contributed by atoms with E-state index in [4.69, 9.17) is 9.97 Å². The number of aryl methyl sites for hydroxylation is 1. The highest BCUT2D eigenvalue weighted by Gasteiger charge is 2.48. The molecule has 0 atom stereocenters. The molecule has 1 aromatic heterocycles. The maximum atomic E-state index is 5.32. The largest absolute Gasteiger partial charge is 0.228 e. The van der Waals surface area contributed by atoms with E-state index in [1.807, 2.05) is 6.07 Å². The molecule has 0 aliphatic heterocycles. The van der Waals surface area contributed by atoms with Crippen molar-refractivity contribution in [2.75, 3.05) is 0 Å². The summed E-state index contributed by atoms with van der Waals surface area (Å²) in [6, 6.07) is 52.7. The minimum atomic E-state index is -0.466. The second-order valence-corrected chi connectivity index (χ2v) is 11.8. The van der Waals surface area contributed by atoms with Crippen molar-refractivity contribution in [2.45, 2.75) is 32.1 Å². The van der Waals surface area contributed by atoms with Gasteiger partial charge in [0.05, 0.1) is 16.6 Å². The zero-order valence-corrected chi connectivity index (χ0v) is 25.7. The summed E-state index contributed by atoms with van der Waals surface area (Å²) in [6.07, 6.45) is 1.82. The number of hydrogen-bond donors (Lipinski definition) is 0. The van der Waals surface area contributed by atoms with Gasteiger partial charge in [0.25, 0.3) is 0 Å². The Bertz CT molecular complexity index is 2150. The molecule has 0 spiro atoms. The average molecular weight is 579 g/mol. The van der Waals surface area contributed by atoms with Gasteiger partial charge in [-0.1, -0.05) is 153 Å². The van der Waals surface area contributed by atoms with Crippen LogP contribution in [0.3, 0.4) is 0 Å². The van der Waals surface area contributed by atoms with Crippen molar-refractivity contribution in [1.29, 1.82) is 0 Å². The van der Waals surface area contributed by atoms with E-state index in [-0.39, 0.29) is 0 Å². The quantitative estimate of drug-likeness (QED) is 0.196. The molecule has 1 aliphatic rings. The van der Waals surface area contributed by atoms with Gasteiger partial charge in [0.1, 0.15) is 0 Å². The van der Waals surface area contributed by atoms with Gasteiger partial charge in [-0.05, 0) is 63.4 Å². The molecule has 8 rings (SSSR count). The van der Waals surface area contributed by atoms with Crippen molar-refractivity contribution in [3.63, 3.8) is 0 Å². The summed E-state index contributed by atoms with van der Waals surface area (Å²) in [7, 11) is 0. The maximum Gasteiger partial charge on any atom is 0.160 e. The van der Waals surface area contributed by atoms with Crippen LogP contribution in [-0.2, 0) is 18.3 Å². The molecule has 0 N–H and O–H groups in total. The normalized spacial score (nSPS) is 13.0. The van der Waals surface area contributed by atoms with Crippen LogP contribution < -0.4 is 0 Å². The SMILES string of the molecule is CCc1ccccc1C1(c2cccc(-c3nc(-c4ccccc4)nc4ccccc34)c2CC)c2ccccc2-c2ccccc21. The first-order valence-electron chi connectivity index (χ1n) is 16.0. The third-order valence-electron chi connectivity index (χ3n) is 9.58. The summed E-state index contributed by atoms with van der Waals surface area (Å²) in [4.78, 5) is 10.3. The fourth-order valence-corrected chi connectivity index (χ4v) is 7.69. The second kappa shape index (κ2) is 11.0. The lowest BCUT2D eigenvalue weighted by Crippen LogP contribution is -2.31. The van der Waals surface area contributed by atoms with Gasteiger partial charge in [0, 0.05) is 16.5 Å². The number of fused-ring (bicyclic) bond motifs is 4. The van der Waals surface area contributed by atoms with E-state index < -0.39 is 5.41 Å². The lowest BCUT2D eigenvalue weighted by molar-refractivity contribution is 0.742. The molecule has 0 fully saturated rings. The van der Waals surface area contributed by atoms with Gasteiger partial charge in [-0.15, -0.1) is 0 Å². The van der Waals surface area contributed by atoms with Crippen LogP contribution in [-0.4, -0.2) is 9.97 Å². The van der Waals surface area contributed by atoms with Crippen LogP contribution in [0.25, 0.3) is 44.7 Å². The minimum Gasteiger partial charge on any atom is -0.228 e. The third-order valence-corrected chi connectivity index (χ3v) is 9.58. The molecule has 45 heavy (non-hydrogen) atoms. The molecule has 6 aromatic carbocycles. The topological polar surface area (TPSA) is 25.8 Å². The van der Waals surface area contributed by atoms with Crippen LogP contribution in [0, 0.1) is 0 Å². The first kappa shape index (κ1) is 27.2. The van der Waals surface area contributed by atoms with Gasteiger partial charge in [-0.2, -0.15) is 0 Å². The summed E-state index contributed by atoms with van der Waals surface area (Å²) in [5, 5.41) is 1.07. The van der Waals surface area contributed by atoms with Crippen molar-refractivity contribution in [1.82, 2.24) is 9.97 Å². The van der Waals surface area contributed by atoms with Crippen LogP contribution in [0.4, 0.5) is 0 Å². The smallest absolute Gasteiger partial charge is 0.160 e. The Labute approximate surface area is 265 Å². The van der Waals surface area contributed by atoms with Crippen LogP contribution in [0.2, 0.25) is 0 Å². The lowest BCUT2D eigenvalue weighted by atomic mass is 9.64. The molecule has 1 heterocycles. The van der Waals surface area contributed by atoms with Gasteiger partial charge < -0.3 is 0 Å². The van der Waals surface area contributed by atoms with E-state index in [0.717, 1.165) is 40.8 Å². The molecule has 2 heteroatoms. The van der Waals surface area contributed by atoms with E-state index in [0.29, 0.717) is 0 Å². The Morgan fingerprint density at radius 2 is 1.04 bits per heavy atom. The highest BCUT2D eigenvalue weighted by Crippen LogP contribution is 2.58. The summed E-state index contributed by atoms with van der Waals surface area (Å²) in [5.41, 5.74) is 14.3. The van der Waals surface area contributed by atoms with Crippen LogP contribution >= 0.6 is 0 Å². The summed E-state index contributed by atoms with van der Waals surface area (Å²) in [5.74, 6) is 0.749. The highest BCUT2D eigenvalue weighted by atomic mass is 14.9. The molecule has 0 saturated heterocycles. The van der Waals surface area contributed by atoms with Gasteiger partial charge in [-0.3, -0.25) is 0 Å². The summed E-state index contributed by atoms with van der Waals surface area (Å²) in [6.45, 7) is 4.56. The van der Waals surface area contributed by atoms with Crippen molar-refractivity contribution in [3.8, 4) is 33.8 Å². The monoisotopic (exact) mass is 578 g/mol. The minimum absolute atomic E-state index is 0.466. The zero-order chi connectivity index (χ0) is 30.4. The van der Waals surface area contributed by atoms with E-state index >= 15 is 0 Å². The average Bonchev–Trinajstić information content (AvgIpc) is 3.42. The standard InChI is InChI=1S/C43H34N2/c1-3-29-17-8-12-24-36(29)43(38-25-13-9-20-32(38)33-21-10-14-26-39(33)43)37-27-16-23-34(31(37)4-2)41-35-22-11-15-28-40(35)44-42(45-41)30-18-6-5-7-19-30/h5-28H,3-4H2,1-2H3. The highest BCUT2D eigenvalue weighted by molar-refractivity contribution is 5.95. The van der Waals surface area contributed by atoms with Crippen molar-refractivity contribution >= 4 is 10.9 Å². The predicted octanol–water partition coefficient (Wildman–Crippen LogP) is 10.5. The number of hydrogen-bond acceptors (Lipinski definition) is 2. The molecule has 7 aromatic rings. The van der Waals surface area contributed by atoms with Crippen molar-refractivity contribution in [2.24, 2.45) is 0 Å². The molecule has 0 unspecified atom stereocenters. The number of aromatic nitrogens is 2. The fourth-order valence-electron chi connectivity index (χ4n) is 7.69. The first-order valence-corrected chi connectivity index (χ1v) is 16.0. The van der Waals surface area contributed by atoms with Crippen molar-refractivity contribution < 1.29 is 0 Å². The van der Waals surface area contributed by atoms with Gasteiger partial charge >= 0.3 is 0 Å². The Morgan fingerprint density at radius 3 is 1.76 bits per heavy atom. The van der Waals surface area contributed by atoms with Crippen LogP contribution in [0.1, 0.15) is 47.2 Å². The second-order valence-electron chi connectivity index (χ2n) is 11.8. The molecule has 0 amide bonds. The summed E-state index contributed by atoms with van der Waals surface area (Å²) >= 11 is 0. The van der Waals surface area contributed by atoms with E-state index in [1.165, 1.54) is 50.1 Å². The van der Waals surface area contributed by atoms with E-state index in [1.54, 1.807) is 0 Å². The van der Waals surface area contributed by atoms with Gasteiger partial charge in [0.15, 0.2) is 5.82 Å². The summed E-state index contributed by atoms with van der Waals surface area (Å²) < 4.78 is 0. The van der Waals surface area contributed by atoms with Gasteiger partial charge in [0.2, 0.25) is 0 Å². The lowest BCUT2D eigenvalue weighted by Gasteiger charge is -2.37. The zero-order valence-electron chi connectivity index (χ0n) is 25.7. The molecular formula is C43H34N2. The number of para-hydroxylation sites is 1. The molecule has 0 radical (unpaired) electrons.